The lowest BCUT2D eigenvalue weighted by atomic mass is 9.84. The average Bonchev–Trinajstić information content (AvgIpc) is 2.74. The summed E-state index contributed by atoms with van der Waals surface area (Å²) in [6.45, 7) is 4.45. The predicted molar refractivity (Wildman–Crippen MR) is 120 cm³/mol. The molecule has 0 fully saturated rings. The summed E-state index contributed by atoms with van der Waals surface area (Å²) < 4.78 is 0. The lowest BCUT2D eigenvalue weighted by Gasteiger charge is -2.20. The Balaban J connectivity index is 2.55. The van der Waals surface area contributed by atoms with E-state index in [9.17, 15) is 44.7 Å². The first-order valence-corrected chi connectivity index (χ1v) is 9.90. The molecule has 174 valence electrons. The Hall–Kier alpha value is -4.66. The largest absolute Gasteiger partial charge is 0.507 e. The van der Waals surface area contributed by atoms with Gasteiger partial charge in [0.1, 0.15) is 28.2 Å². The number of benzene rings is 2. The number of carbonyl (C=O) groups is 4. The van der Waals surface area contributed by atoms with Gasteiger partial charge in [0.05, 0.1) is 0 Å². The summed E-state index contributed by atoms with van der Waals surface area (Å²) in [7, 11) is 0. The number of aromatic hydroxyl groups is 2. The van der Waals surface area contributed by atoms with E-state index >= 15 is 0 Å². The van der Waals surface area contributed by atoms with Crippen LogP contribution in [0.15, 0.2) is 53.1 Å². The average molecular weight is 464 g/mol. The molecule has 0 unspecified atom stereocenters. The van der Waals surface area contributed by atoms with Crippen LogP contribution in [0.4, 0.5) is 0 Å². The van der Waals surface area contributed by atoms with Crippen molar-refractivity contribution in [2.45, 2.75) is 20.8 Å². The molecule has 0 aromatic heterocycles. The van der Waals surface area contributed by atoms with Gasteiger partial charge in [0.2, 0.25) is 0 Å². The highest BCUT2D eigenvalue weighted by molar-refractivity contribution is 6.25. The third-order valence-electron chi connectivity index (χ3n) is 5.37. The van der Waals surface area contributed by atoms with Crippen LogP contribution >= 0.6 is 0 Å². The summed E-state index contributed by atoms with van der Waals surface area (Å²) in [6.07, 6.45) is 2.45. The van der Waals surface area contributed by atoms with E-state index in [0.29, 0.717) is 5.56 Å². The molecular weight excluding hydrogens is 444 g/mol. The number of Topliss-reactive ketones (excluding diaryl/α,β-unsaturated/α-hetero) is 1. The first-order valence-electron chi connectivity index (χ1n) is 9.90. The number of aromatic carboxylic acids is 2. The highest BCUT2D eigenvalue weighted by Crippen LogP contribution is 2.40. The van der Waals surface area contributed by atoms with Crippen LogP contribution in [0, 0.1) is 13.8 Å². The molecule has 2 aromatic carbocycles. The Morgan fingerprint density at radius 2 is 1.26 bits per heavy atom. The van der Waals surface area contributed by atoms with E-state index in [-0.39, 0.29) is 33.4 Å². The van der Waals surface area contributed by atoms with Crippen molar-refractivity contribution in [1.82, 2.24) is 0 Å². The van der Waals surface area contributed by atoms with Gasteiger partial charge >= 0.3 is 17.9 Å². The molecule has 0 amide bonds. The molecule has 0 spiro atoms. The molecule has 1 aliphatic carbocycles. The summed E-state index contributed by atoms with van der Waals surface area (Å²) >= 11 is 0. The molecule has 0 aliphatic heterocycles. The highest BCUT2D eigenvalue weighted by Gasteiger charge is 2.27. The molecule has 3 rings (SSSR count). The van der Waals surface area contributed by atoms with Crippen molar-refractivity contribution < 1.29 is 44.7 Å². The molecule has 0 heterocycles. The first-order chi connectivity index (χ1) is 15.8. The van der Waals surface area contributed by atoms with E-state index in [1.54, 1.807) is 6.92 Å². The zero-order chi connectivity index (χ0) is 25.5. The Labute approximate surface area is 193 Å². The minimum atomic E-state index is -1.48. The molecule has 9 nitrogen and oxygen atoms in total. The van der Waals surface area contributed by atoms with Crippen LogP contribution < -0.4 is 0 Å². The summed E-state index contributed by atoms with van der Waals surface area (Å²) in [5, 5.41) is 49.6. The van der Waals surface area contributed by atoms with Crippen LogP contribution in [0.2, 0.25) is 0 Å². The highest BCUT2D eigenvalue weighted by atomic mass is 16.4. The maximum Gasteiger partial charge on any atom is 0.339 e. The van der Waals surface area contributed by atoms with Gasteiger partial charge in [0, 0.05) is 5.56 Å². The van der Waals surface area contributed by atoms with E-state index in [1.807, 2.05) is 0 Å². The maximum atomic E-state index is 12.3. The number of phenols is 2. The third kappa shape index (κ3) is 4.18. The number of carboxylic acid groups (broad SMARTS) is 3. The lowest BCUT2D eigenvalue weighted by molar-refractivity contribution is -0.134. The Bertz CT molecular complexity index is 1390. The van der Waals surface area contributed by atoms with Crippen molar-refractivity contribution >= 4 is 29.3 Å². The van der Waals surface area contributed by atoms with Crippen molar-refractivity contribution in [3.8, 4) is 11.5 Å². The summed E-state index contributed by atoms with van der Waals surface area (Å²) in [5.74, 6) is -6.15. The number of rotatable bonds is 5. The first kappa shape index (κ1) is 24.0. The van der Waals surface area contributed by atoms with Gasteiger partial charge in [0.25, 0.3) is 0 Å². The van der Waals surface area contributed by atoms with Crippen molar-refractivity contribution in [3.63, 3.8) is 0 Å². The monoisotopic (exact) mass is 464 g/mol. The fourth-order valence-electron chi connectivity index (χ4n) is 3.77. The number of carbonyl (C=O) groups excluding carboxylic acids is 1. The molecule has 9 heteroatoms. The van der Waals surface area contributed by atoms with Crippen molar-refractivity contribution in [2.75, 3.05) is 0 Å². The van der Waals surface area contributed by atoms with Crippen molar-refractivity contribution in [3.05, 3.63) is 86.5 Å². The Kier molecular flexibility index (Phi) is 6.14. The summed E-state index contributed by atoms with van der Waals surface area (Å²) in [4.78, 5) is 47.4. The van der Waals surface area contributed by atoms with E-state index < -0.39 is 51.9 Å². The molecule has 34 heavy (non-hydrogen) atoms. The minimum absolute atomic E-state index is 0.0202. The molecule has 0 radical (unpaired) electrons. The summed E-state index contributed by atoms with van der Waals surface area (Å²) in [6, 6.07) is 5.25. The number of ketones is 1. The van der Waals surface area contributed by atoms with Gasteiger partial charge < -0.3 is 25.5 Å². The van der Waals surface area contributed by atoms with E-state index in [1.165, 1.54) is 38.1 Å². The minimum Gasteiger partial charge on any atom is -0.507 e. The van der Waals surface area contributed by atoms with Crippen molar-refractivity contribution in [2.24, 2.45) is 0 Å². The van der Waals surface area contributed by atoms with Gasteiger partial charge in [0.15, 0.2) is 5.78 Å². The topological polar surface area (TPSA) is 169 Å². The van der Waals surface area contributed by atoms with Crippen LogP contribution in [0.25, 0.3) is 5.57 Å². The normalized spacial score (nSPS) is 14.9. The number of aliphatic carboxylic acids is 1. The van der Waals surface area contributed by atoms with Crippen LogP contribution in [0.5, 0.6) is 11.5 Å². The second-order valence-electron chi connectivity index (χ2n) is 7.86. The van der Waals surface area contributed by atoms with Crippen LogP contribution in [-0.2, 0) is 9.59 Å². The Morgan fingerprint density at radius 3 is 1.82 bits per heavy atom. The predicted octanol–water partition coefficient (Wildman–Crippen LogP) is 3.45. The SMILES string of the molecule is CC1=C/C(=C(/c2cc(C)c(O)c(C(=O)O)c2)c2cc(C)cc(C(=O)O)c2O)C=C(C(=O)O)C1=O. The molecular formula is C25H20O9. The van der Waals surface area contributed by atoms with Gasteiger partial charge in [-0.15, -0.1) is 0 Å². The molecule has 2 aromatic rings. The second-order valence-corrected chi connectivity index (χ2v) is 7.86. The van der Waals surface area contributed by atoms with Gasteiger partial charge in [-0.25, -0.2) is 14.4 Å². The van der Waals surface area contributed by atoms with Gasteiger partial charge in [-0.2, -0.15) is 0 Å². The molecule has 0 atom stereocenters. The molecule has 5 N–H and O–H groups in total. The molecule has 0 saturated heterocycles. The lowest BCUT2D eigenvalue weighted by Crippen LogP contribution is -2.17. The quantitative estimate of drug-likeness (QED) is 0.416. The maximum absolute atomic E-state index is 12.3. The van der Waals surface area contributed by atoms with Crippen LogP contribution in [0.3, 0.4) is 0 Å². The fraction of sp³-hybridized carbons (Fsp3) is 0.120. The van der Waals surface area contributed by atoms with Crippen LogP contribution in [-0.4, -0.2) is 49.2 Å². The van der Waals surface area contributed by atoms with Gasteiger partial charge in [-0.3, -0.25) is 4.79 Å². The van der Waals surface area contributed by atoms with Gasteiger partial charge in [-0.1, -0.05) is 0 Å². The van der Waals surface area contributed by atoms with E-state index in [2.05, 4.69) is 0 Å². The molecule has 0 saturated carbocycles. The zero-order valence-corrected chi connectivity index (χ0v) is 18.3. The van der Waals surface area contributed by atoms with E-state index in [0.717, 1.165) is 12.1 Å². The zero-order valence-electron chi connectivity index (χ0n) is 18.3. The van der Waals surface area contributed by atoms with E-state index in [4.69, 9.17) is 0 Å². The number of hydrogen-bond donors (Lipinski definition) is 5. The number of aryl methyl sites for hydroxylation is 2. The van der Waals surface area contributed by atoms with Crippen LogP contribution in [0.1, 0.15) is 49.9 Å². The molecule has 1 aliphatic rings. The number of allylic oxidation sites excluding steroid dienone is 4. The summed E-state index contributed by atoms with van der Waals surface area (Å²) in [5.41, 5.74) is -0.369. The van der Waals surface area contributed by atoms with Gasteiger partial charge in [-0.05, 0) is 90.6 Å². The number of carboxylic acids is 3. The number of hydrogen-bond acceptors (Lipinski definition) is 6. The Morgan fingerprint density at radius 1 is 0.706 bits per heavy atom. The van der Waals surface area contributed by atoms with Crippen molar-refractivity contribution in [1.29, 1.82) is 0 Å². The smallest absolute Gasteiger partial charge is 0.339 e. The standard InChI is InChI=1S/C25H20O9/c1-10-4-15(22(28)16(5-10)23(29)30)19(13-6-11(2)20(26)17(8-13)24(31)32)14-7-12(3)21(27)18(9-14)25(33)34/h4-9,26,28H,1-3H3,(H,29,30)(H,31,32)(H,33,34)/b19-14+. The second kappa shape index (κ2) is 8.70. The fourth-order valence-corrected chi connectivity index (χ4v) is 3.77. The third-order valence-corrected chi connectivity index (χ3v) is 5.37. The molecule has 0 bridgehead atoms.